The minimum atomic E-state index is -3.62. The summed E-state index contributed by atoms with van der Waals surface area (Å²) in [6.45, 7) is 3.51. The maximum atomic E-state index is 11.8. The fraction of sp³-hybridized carbons (Fsp3) is 0.417. The Labute approximate surface area is 112 Å². The SMILES string of the molecule is CSC(C)C(=O)NS(=O)(=O)Cc1ccccc1C. The number of hydrogen-bond acceptors (Lipinski definition) is 4. The predicted molar refractivity (Wildman–Crippen MR) is 74.9 cm³/mol. The zero-order valence-corrected chi connectivity index (χ0v) is 12.3. The van der Waals surface area contributed by atoms with Gasteiger partial charge < -0.3 is 0 Å². The van der Waals surface area contributed by atoms with Gasteiger partial charge in [-0.1, -0.05) is 24.3 Å². The van der Waals surface area contributed by atoms with Crippen molar-refractivity contribution in [3.05, 3.63) is 35.4 Å². The van der Waals surface area contributed by atoms with Gasteiger partial charge in [0.25, 0.3) is 0 Å². The molecule has 0 heterocycles. The van der Waals surface area contributed by atoms with Crippen molar-refractivity contribution in [2.45, 2.75) is 24.9 Å². The van der Waals surface area contributed by atoms with Crippen LogP contribution in [0.15, 0.2) is 24.3 Å². The highest BCUT2D eigenvalue weighted by atomic mass is 32.2. The van der Waals surface area contributed by atoms with Gasteiger partial charge in [-0.25, -0.2) is 8.42 Å². The van der Waals surface area contributed by atoms with Crippen LogP contribution in [0.4, 0.5) is 0 Å². The number of aryl methyl sites for hydroxylation is 1. The van der Waals surface area contributed by atoms with Crippen molar-refractivity contribution >= 4 is 27.7 Å². The van der Waals surface area contributed by atoms with E-state index >= 15 is 0 Å². The lowest BCUT2D eigenvalue weighted by Gasteiger charge is -2.11. The molecule has 0 radical (unpaired) electrons. The number of carbonyl (C=O) groups excluding carboxylic acids is 1. The van der Waals surface area contributed by atoms with E-state index in [1.807, 2.05) is 19.1 Å². The molecule has 0 saturated carbocycles. The summed E-state index contributed by atoms with van der Waals surface area (Å²) in [5.74, 6) is -0.650. The van der Waals surface area contributed by atoms with E-state index in [2.05, 4.69) is 4.72 Å². The second-order valence-electron chi connectivity index (χ2n) is 4.03. The molecule has 1 amide bonds. The zero-order valence-electron chi connectivity index (χ0n) is 10.6. The van der Waals surface area contributed by atoms with Crippen LogP contribution in [0.5, 0.6) is 0 Å². The minimum Gasteiger partial charge on any atom is -0.273 e. The van der Waals surface area contributed by atoms with Crippen molar-refractivity contribution in [1.82, 2.24) is 4.72 Å². The van der Waals surface area contributed by atoms with E-state index < -0.39 is 15.9 Å². The Morgan fingerprint density at radius 2 is 2.00 bits per heavy atom. The number of benzene rings is 1. The normalized spacial score (nSPS) is 13.1. The van der Waals surface area contributed by atoms with Gasteiger partial charge in [0.15, 0.2) is 0 Å². The Morgan fingerprint density at radius 1 is 1.39 bits per heavy atom. The van der Waals surface area contributed by atoms with Crippen LogP contribution in [0, 0.1) is 6.92 Å². The first-order valence-electron chi connectivity index (χ1n) is 5.47. The molecule has 0 aliphatic rings. The van der Waals surface area contributed by atoms with E-state index in [1.165, 1.54) is 11.8 Å². The summed E-state index contributed by atoms with van der Waals surface area (Å²) in [5.41, 5.74) is 1.60. The first-order chi connectivity index (χ1) is 8.35. The Morgan fingerprint density at radius 3 is 2.56 bits per heavy atom. The van der Waals surface area contributed by atoms with Crippen molar-refractivity contribution in [2.24, 2.45) is 0 Å². The molecule has 4 nitrogen and oxygen atoms in total. The van der Waals surface area contributed by atoms with Crippen LogP contribution < -0.4 is 4.72 Å². The van der Waals surface area contributed by atoms with Crippen LogP contribution in [-0.2, 0) is 20.6 Å². The molecule has 0 bridgehead atoms. The molecule has 1 atom stereocenters. The number of amides is 1. The maximum absolute atomic E-state index is 11.8. The Bertz CT molecular complexity index is 526. The first-order valence-corrected chi connectivity index (χ1v) is 8.41. The van der Waals surface area contributed by atoms with Crippen LogP contribution in [0.1, 0.15) is 18.1 Å². The lowest BCUT2D eigenvalue weighted by Crippen LogP contribution is -2.36. The summed E-state index contributed by atoms with van der Waals surface area (Å²) in [6, 6.07) is 7.22. The van der Waals surface area contributed by atoms with Crippen molar-refractivity contribution in [3.63, 3.8) is 0 Å². The Hall–Kier alpha value is -1.01. The van der Waals surface area contributed by atoms with E-state index in [0.717, 1.165) is 5.56 Å². The van der Waals surface area contributed by atoms with Crippen LogP contribution in [0.3, 0.4) is 0 Å². The van der Waals surface area contributed by atoms with Gasteiger partial charge in [0.1, 0.15) is 0 Å². The molecule has 0 aliphatic heterocycles. The lowest BCUT2D eigenvalue weighted by molar-refractivity contribution is -0.118. The van der Waals surface area contributed by atoms with E-state index in [4.69, 9.17) is 0 Å². The molecule has 1 unspecified atom stereocenters. The zero-order chi connectivity index (χ0) is 13.8. The first kappa shape index (κ1) is 15.0. The van der Waals surface area contributed by atoms with Gasteiger partial charge in [0.05, 0.1) is 11.0 Å². The number of sulfonamides is 1. The van der Waals surface area contributed by atoms with Gasteiger partial charge in [0.2, 0.25) is 15.9 Å². The largest absolute Gasteiger partial charge is 0.273 e. The number of thioether (sulfide) groups is 1. The fourth-order valence-corrected chi connectivity index (χ4v) is 2.99. The molecule has 0 spiro atoms. The molecule has 0 aliphatic carbocycles. The van der Waals surface area contributed by atoms with Crippen molar-refractivity contribution in [3.8, 4) is 0 Å². The molecule has 0 fully saturated rings. The molecule has 1 aromatic carbocycles. The molecular formula is C12H17NO3S2. The van der Waals surface area contributed by atoms with Gasteiger partial charge in [-0.3, -0.25) is 9.52 Å². The summed E-state index contributed by atoms with van der Waals surface area (Å²) >= 11 is 1.31. The molecule has 1 rings (SSSR count). The van der Waals surface area contributed by atoms with E-state index in [1.54, 1.807) is 25.3 Å². The smallest absolute Gasteiger partial charge is 0.246 e. The second-order valence-corrected chi connectivity index (χ2v) is 6.93. The third-order valence-corrected chi connectivity index (χ3v) is 4.71. The van der Waals surface area contributed by atoms with E-state index in [0.29, 0.717) is 5.56 Å². The molecule has 0 saturated heterocycles. The molecule has 1 N–H and O–H groups in total. The van der Waals surface area contributed by atoms with Gasteiger partial charge in [0, 0.05) is 0 Å². The van der Waals surface area contributed by atoms with Crippen molar-refractivity contribution in [1.29, 1.82) is 0 Å². The lowest BCUT2D eigenvalue weighted by atomic mass is 10.1. The standard InChI is InChI=1S/C12H17NO3S2/c1-9-6-4-5-7-11(9)8-18(15,16)13-12(14)10(2)17-3/h4-7,10H,8H2,1-3H3,(H,13,14). The van der Waals surface area contributed by atoms with Gasteiger partial charge >= 0.3 is 0 Å². The van der Waals surface area contributed by atoms with Gasteiger partial charge in [-0.2, -0.15) is 11.8 Å². The molecular weight excluding hydrogens is 270 g/mol. The number of rotatable bonds is 5. The third-order valence-electron chi connectivity index (χ3n) is 2.59. The molecule has 0 aromatic heterocycles. The summed E-state index contributed by atoms with van der Waals surface area (Å²) < 4.78 is 25.8. The monoisotopic (exact) mass is 287 g/mol. The summed E-state index contributed by atoms with van der Waals surface area (Å²) in [7, 11) is -3.62. The van der Waals surface area contributed by atoms with Crippen LogP contribution >= 0.6 is 11.8 Å². The van der Waals surface area contributed by atoms with Crippen LogP contribution in [0.25, 0.3) is 0 Å². The Balaban J connectivity index is 2.78. The molecule has 18 heavy (non-hydrogen) atoms. The fourth-order valence-electron chi connectivity index (χ4n) is 1.36. The van der Waals surface area contributed by atoms with Crippen LogP contribution in [-0.4, -0.2) is 25.8 Å². The predicted octanol–water partition coefficient (Wildman–Crippen LogP) is 1.69. The topological polar surface area (TPSA) is 63.2 Å². The summed E-state index contributed by atoms with van der Waals surface area (Å²) in [6.07, 6.45) is 1.76. The van der Waals surface area contributed by atoms with E-state index in [-0.39, 0.29) is 11.0 Å². The van der Waals surface area contributed by atoms with Gasteiger partial charge in [-0.05, 0) is 31.2 Å². The highest BCUT2D eigenvalue weighted by Gasteiger charge is 2.20. The number of hydrogen-bond donors (Lipinski definition) is 1. The maximum Gasteiger partial charge on any atom is 0.246 e. The number of carbonyl (C=O) groups is 1. The average Bonchev–Trinajstić information content (AvgIpc) is 2.30. The third kappa shape index (κ3) is 4.34. The van der Waals surface area contributed by atoms with Crippen molar-refractivity contribution < 1.29 is 13.2 Å². The second kappa shape index (κ2) is 6.24. The summed E-state index contributed by atoms with van der Waals surface area (Å²) in [5, 5.41) is -0.378. The molecule has 100 valence electrons. The van der Waals surface area contributed by atoms with Crippen LogP contribution in [0.2, 0.25) is 0 Å². The quantitative estimate of drug-likeness (QED) is 0.895. The molecule has 1 aromatic rings. The van der Waals surface area contributed by atoms with Gasteiger partial charge in [-0.15, -0.1) is 0 Å². The summed E-state index contributed by atoms with van der Waals surface area (Å²) in [4.78, 5) is 11.6. The molecule has 6 heteroatoms. The highest BCUT2D eigenvalue weighted by molar-refractivity contribution is 8.00. The van der Waals surface area contributed by atoms with Crippen molar-refractivity contribution in [2.75, 3.05) is 6.26 Å². The Kier molecular flexibility index (Phi) is 5.22. The minimum absolute atomic E-state index is 0.174. The highest BCUT2D eigenvalue weighted by Crippen LogP contribution is 2.11. The van der Waals surface area contributed by atoms with E-state index in [9.17, 15) is 13.2 Å². The number of nitrogens with one attached hydrogen (secondary N) is 1. The average molecular weight is 287 g/mol.